The predicted molar refractivity (Wildman–Crippen MR) is 53.3 cm³/mol. The summed E-state index contributed by atoms with van der Waals surface area (Å²) in [6.07, 6.45) is 2.86. The van der Waals surface area contributed by atoms with Gasteiger partial charge in [0.05, 0.1) is 12.6 Å². The standard InChI is InChI=1S/C10H10F2N4/c11-7-1-2-8(9(12)3-7)10(13)4-16-6-14-5-15-16/h1-3,5-6,10H,4,13H2. The number of aromatic nitrogens is 3. The van der Waals surface area contributed by atoms with E-state index in [0.717, 1.165) is 6.07 Å². The molecule has 1 heterocycles. The predicted octanol–water partition coefficient (Wildman–Crippen LogP) is 1.26. The number of nitrogens with zero attached hydrogens (tertiary/aromatic N) is 3. The molecule has 0 fully saturated rings. The van der Waals surface area contributed by atoms with Crippen LogP contribution in [0.4, 0.5) is 8.78 Å². The van der Waals surface area contributed by atoms with Gasteiger partial charge >= 0.3 is 0 Å². The largest absolute Gasteiger partial charge is 0.322 e. The van der Waals surface area contributed by atoms with Gasteiger partial charge in [-0.05, 0) is 6.07 Å². The first-order valence-electron chi connectivity index (χ1n) is 4.70. The van der Waals surface area contributed by atoms with E-state index < -0.39 is 17.7 Å². The maximum atomic E-state index is 13.4. The zero-order chi connectivity index (χ0) is 11.5. The topological polar surface area (TPSA) is 56.7 Å². The van der Waals surface area contributed by atoms with Gasteiger partial charge < -0.3 is 5.73 Å². The fourth-order valence-corrected chi connectivity index (χ4v) is 1.43. The van der Waals surface area contributed by atoms with Gasteiger partial charge in [-0.25, -0.2) is 13.8 Å². The highest BCUT2D eigenvalue weighted by atomic mass is 19.1. The Morgan fingerprint density at radius 3 is 2.81 bits per heavy atom. The summed E-state index contributed by atoms with van der Waals surface area (Å²) < 4.78 is 27.5. The molecular formula is C10H10F2N4. The van der Waals surface area contributed by atoms with Gasteiger partial charge in [0.25, 0.3) is 0 Å². The SMILES string of the molecule is NC(Cn1cncn1)c1ccc(F)cc1F. The molecule has 4 nitrogen and oxygen atoms in total. The minimum atomic E-state index is -0.646. The fraction of sp³-hybridized carbons (Fsp3) is 0.200. The Balaban J connectivity index is 2.17. The van der Waals surface area contributed by atoms with Gasteiger partial charge in [0.1, 0.15) is 24.3 Å². The first-order chi connectivity index (χ1) is 7.66. The van der Waals surface area contributed by atoms with E-state index in [1.807, 2.05) is 0 Å². The first kappa shape index (κ1) is 10.7. The average molecular weight is 224 g/mol. The monoisotopic (exact) mass is 224 g/mol. The maximum absolute atomic E-state index is 13.4. The van der Waals surface area contributed by atoms with Gasteiger partial charge in [-0.15, -0.1) is 0 Å². The Morgan fingerprint density at radius 2 is 2.19 bits per heavy atom. The highest BCUT2D eigenvalue weighted by molar-refractivity contribution is 5.21. The van der Waals surface area contributed by atoms with Crippen molar-refractivity contribution in [2.45, 2.75) is 12.6 Å². The molecule has 2 rings (SSSR count). The molecule has 1 aromatic heterocycles. The van der Waals surface area contributed by atoms with Crippen LogP contribution < -0.4 is 5.73 Å². The van der Waals surface area contributed by atoms with Crippen LogP contribution in [0.5, 0.6) is 0 Å². The Labute approximate surface area is 90.7 Å². The Kier molecular flexibility index (Phi) is 2.91. The van der Waals surface area contributed by atoms with Crippen LogP contribution in [0.1, 0.15) is 11.6 Å². The lowest BCUT2D eigenvalue weighted by Gasteiger charge is -2.12. The number of hydrogen-bond acceptors (Lipinski definition) is 3. The van der Waals surface area contributed by atoms with E-state index in [1.165, 1.54) is 29.5 Å². The molecule has 2 aromatic rings. The maximum Gasteiger partial charge on any atom is 0.137 e. The fourth-order valence-electron chi connectivity index (χ4n) is 1.43. The third-order valence-electron chi connectivity index (χ3n) is 2.21. The molecule has 0 aliphatic carbocycles. The molecule has 0 radical (unpaired) electrons. The summed E-state index contributed by atoms with van der Waals surface area (Å²) in [4.78, 5) is 3.75. The van der Waals surface area contributed by atoms with Crippen molar-refractivity contribution in [2.24, 2.45) is 5.73 Å². The molecule has 6 heteroatoms. The minimum Gasteiger partial charge on any atom is -0.322 e. The molecule has 1 aromatic carbocycles. The highest BCUT2D eigenvalue weighted by Gasteiger charge is 2.12. The molecule has 0 aliphatic rings. The summed E-state index contributed by atoms with van der Waals surface area (Å²) >= 11 is 0. The normalized spacial score (nSPS) is 12.7. The Hall–Kier alpha value is -1.82. The van der Waals surface area contributed by atoms with Crippen molar-refractivity contribution in [1.29, 1.82) is 0 Å². The lowest BCUT2D eigenvalue weighted by molar-refractivity contribution is 0.495. The molecular weight excluding hydrogens is 214 g/mol. The van der Waals surface area contributed by atoms with E-state index >= 15 is 0 Å². The van der Waals surface area contributed by atoms with Crippen LogP contribution in [0, 0.1) is 11.6 Å². The second kappa shape index (κ2) is 4.36. The summed E-state index contributed by atoms with van der Waals surface area (Å²) in [7, 11) is 0. The third kappa shape index (κ3) is 2.22. The van der Waals surface area contributed by atoms with Crippen molar-refractivity contribution < 1.29 is 8.78 Å². The van der Waals surface area contributed by atoms with Gasteiger partial charge in [-0.3, -0.25) is 4.68 Å². The van der Waals surface area contributed by atoms with Gasteiger partial charge in [0, 0.05) is 11.6 Å². The van der Waals surface area contributed by atoms with Crippen molar-refractivity contribution in [3.8, 4) is 0 Å². The molecule has 0 spiro atoms. The quantitative estimate of drug-likeness (QED) is 0.853. The Morgan fingerprint density at radius 1 is 1.38 bits per heavy atom. The number of benzene rings is 1. The van der Waals surface area contributed by atoms with E-state index in [-0.39, 0.29) is 5.56 Å². The zero-order valence-electron chi connectivity index (χ0n) is 8.35. The van der Waals surface area contributed by atoms with E-state index in [9.17, 15) is 8.78 Å². The van der Waals surface area contributed by atoms with Crippen LogP contribution in [-0.2, 0) is 6.54 Å². The van der Waals surface area contributed by atoms with Gasteiger partial charge in [-0.2, -0.15) is 5.10 Å². The zero-order valence-corrected chi connectivity index (χ0v) is 8.35. The summed E-state index contributed by atoms with van der Waals surface area (Å²) in [5.41, 5.74) is 6.05. The molecule has 16 heavy (non-hydrogen) atoms. The summed E-state index contributed by atoms with van der Waals surface area (Å²) in [5, 5.41) is 3.86. The smallest absolute Gasteiger partial charge is 0.137 e. The number of rotatable bonds is 3. The van der Waals surface area contributed by atoms with E-state index in [0.29, 0.717) is 6.54 Å². The molecule has 0 saturated heterocycles. The minimum absolute atomic E-state index is 0.261. The first-order valence-corrected chi connectivity index (χ1v) is 4.70. The number of halogens is 2. The molecule has 0 amide bonds. The Bertz CT molecular complexity index is 470. The van der Waals surface area contributed by atoms with Gasteiger partial charge in [0.2, 0.25) is 0 Å². The van der Waals surface area contributed by atoms with Crippen LogP contribution in [0.25, 0.3) is 0 Å². The summed E-state index contributed by atoms with van der Waals surface area (Å²) in [6, 6.07) is 2.75. The van der Waals surface area contributed by atoms with E-state index in [2.05, 4.69) is 10.1 Å². The van der Waals surface area contributed by atoms with E-state index in [1.54, 1.807) is 0 Å². The van der Waals surface area contributed by atoms with Crippen LogP contribution >= 0.6 is 0 Å². The average Bonchev–Trinajstić information content (AvgIpc) is 2.70. The molecule has 0 aliphatic heterocycles. The third-order valence-corrected chi connectivity index (χ3v) is 2.21. The summed E-state index contributed by atoms with van der Waals surface area (Å²) in [5.74, 6) is -1.26. The molecule has 1 unspecified atom stereocenters. The lowest BCUT2D eigenvalue weighted by atomic mass is 10.1. The van der Waals surface area contributed by atoms with Crippen LogP contribution in [-0.4, -0.2) is 14.8 Å². The van der Waals surface area contributed by atoms with Gasteiger partial charge in [-0.1, -0.05) is 6.07 Å². The number of nitrogens with two attached hydrogens (primary N) is 1. The second-order valence-electron chi connectivity index (χ2n) is 3.39. The van der Waals surface area contributed by atoms with Crippen LogP contribution in [0.15, 0.2) is 30.9 Å². The van der Waals surface area contributed by atoms with E-state index in [4.69, 9.17) is 5.73 Å². The highest BCUT2D eigenvalue weighted by Crippen LogP contribution is 2.17. The van der Waals surface area contributed by atoms with Crippen molar-refractivity contribution in [1.82, 2.24) is 14.8 Å². The van der Waals surface area contributed by atoms with Crippen molar-refractivity contribution in [3.05, 3.63) is 48.1 Å². The molecule has 84 valence electrons. The van der Waals surface area contributed by atoms with Crippen LogP contribution in [0.3, 0.4) is 0 Å². The number of hydrogen-bond donors (Lipinski definition) is 1. The van der Waals surface area contributed by atoms with Crippen molar-refractivity contribution >= 4 is 0 Å². The molecule has 2 N–H and O–H groups in total. The second-order valence-corrected chi connectivity index (χ2v) is 3.39. The lowest BCUT2D eigenvalue weighted by Crippen LogP contribution is -2.19. The molecule has 0 bridgehead atoms. The van der Waals surface area contributed by atoms with Gasteiger partial charge in [0.15, 0.2) is 0 Å². The molecule has 1 atom stereocenters. The summed E-state index contributed by atoms with van der Waals surface area (Å²) in [6.45, 7) is 0.294. The van der Waals surface area contributed by atoms with Crippen molar-refractivity contribution in [2.75, 3.05) is 0 Å². The molecule has 0 saturated carbocycles. The van der Waals surface area contributed by atoms with Crippen molar-refractivity contribution in [3.63, 3.8) is 0 Å². The van der Waals surface area contributed by atoms with Crippen LogP contribution in [0.2, 0.25) is 0 Å².